The largest absolute Gasteiger partial charge is 0.377 e. The van der Waals surface area contributed by atoms with Gasteiger partial charge in [-0.1, -0.05) is 32.1 Å². The highest BCUT2D eigenvalue weighted by Crippen LogP contribution is 2.26. The van der Waals surface area contributed by atoms with E-state index in [1.54, 1.807) is 7.11 Å². The summed E-state index contributed by atoms with van der Waals surface area (Å²) in [6.07, 6.45) is 8.12. The van der Waals surface area contributed by atoms with Crippen LogP contribution in [-0.2, 0) is 11.3 Å². The molecule has 6 nitrogen and oxygen atoms in total. The third-order valence-electron chi connectivity index (χ3n) is 3.78. The lowest BCUT2D eigenvalue weighted by molar-refractivity contribution is 0.178. The van der Waals surface area contributed by atoms with Gasteiger partial charge < -0.3 is 15.5 Å². The minimum atomic E-state index is 0.382. The van der Waals surface area contributed by atoms with Gasteiger partial charge in [0.1, 0.15) is 18.2 Å². The van der Waals surface area contributed by atoms with Gasteiger partial charge in [-0.15, -0.1) is 0 Å². The molecule has 0 unspecified atom stereocenters. The van der Waals surface area contributed by atoms with Crippen LogP contribution in [0.5, 0.6) is 0 Å². The Hall–Kier alpha value is -1.40. The number of nitrogens with zero attached hydrogens (tertiary/aromatic N) is 2. The zero-order valence-corrected chi connectivity index (χ0v) is 12.2. The molecule has 1 heterocycles. The molecule has 2 rings (SSSR count). The van der Waals surface area contributed by atoms with Crippen molar-refractivity contribution in [3.8, 4) is 0 Å². The fraction of sp³-hybridized carbons (Fsp3) is 0.714. The highest BCUT2D eigenvalue weighted by Gasteiger charge is 2.13. The topological polar surface area (TPSA) is 85.1 Å². The zero-order valence-electron chi connectivity index (χ0n) is 12.2. The van der Waals surface area contributed by atoms with Crippen LogP contribution in [0, 0.1) is 5.92 Å². The van der Waals surface area contributed by atoms with E-state index in [2.05, 4.69) is 20.7 Å². The monoisotopic (exact) mass is 279 g/mol. The molecule has 0 atom stereocenters. The lowest BCUT2D eigenvalue weighted by Crippen LogP contribution is -2.15. The van der Waals surface area contributed by atoms with Crippen LogP contribution >= 0.6 is 0 Å². The van der Waals surface area contributed by atoms with Gasteiger partial charge >= 0.3 is 0 Å². The van der Waals surface area contributed by atoms with Gasteiger partial charge in [0.05, 0.1) is 0 Å². The summed E-state index contributed by atoms with van der Waals surface area (Å²) in [6.45, 7) is 1.32. The molecule has 112 valence electrons. The van der Waals surface area contributed by atoms with E-state index >= 15 is 0 Å². The highest BCUT2D eigenvalue weighted by atomic mass is 16.5. The summed E-state index contributed by atoms with van der Waals surface area (Å²) in [5, 5.41) is 3.36. The number of hydrogen-bond acceptors (Lipinski definition) is 6. The van der Waals surface area contributed by atoms with Crippen molar-refractivity contribution in [2.75, 3.05) is 24.4 Å². The lowest BCUT2D eigenvalue weighted by atomic mass is 9.87. The summed E-state index contributed by atoms with van der Waals surface area (Å²) < 4.78 is 5.06. The molecule has 6 heteroatoms. The molecule has 0 amide bonds. The third kappa shape index (κ3) is 4.61. The number of hydrazine groups is 1. The van der Waals surface area contributed by atoms with Crippen LogP contribution in [0.15, 0.2) is 6.07 Å². The Morgan fingerprint density at radius 1 is 1.25 bits per heavy atom. The van der Waals surface area contributed by atoms with Gasteiger partial charge in [-0.05, 0) is 12.3 Å². The van der Waals surface area contributed by atoms with E-state index in [9.17, 15) is 0 Å². The maximum absolute atomic E-state index is 5.42. The average Bonchev–Trinajstić information content (AvgIpc) is 2.48. The molecule has 1 fully saturated rings. The first-order valence-corrected chi connectivity index (χ1v) is 7.39. The average molecular weight is 279 g/mol. The number of anilines is 2. The number of aromatic nitrogens is 2. The molecule has 1 aromatic heterocycles. The Bertz CT molecular complexity index is 407. The van der Waals surface area contributed by atoms with Crippen molar-refractivity contribution in [1.29, 1.82) is 0 Å². The first-order chi connectivity index (χ1) is 9.81. The molecule has 20 heavy (non-hydrogen) atoms. The second-order valence-corrected chi connectivity index (χ2v) is 5.35. The van der Waals surface area contributed by atoms with Gasteiger partial charge in [-0.25, -0.2) is 15.8 Å². The molecule has 0 spiro atoms. The van der Waals surface area contributed by atoms with Gasteiger partial charge in [0.25, 0.3) is 0 Å². The van der Waals surface area contributed by atoms with E-state index < -0.39 is 0 Å². The highest BCUT2D eigenvalue weighted by molar-refractivity contribution is 5.46. The normalized spacial score (nSPS) is 16.1. The molecule has 0 aromatic carbocycles. The molecule has 1 saturated carbocycles. The van der Waals surface area contributed by atoms with Crippen molar-refractivity contribution in [2.45, 2.75) is 45.1 Å². The molecule has 4 N–H and O–H groups in total. The fourth-order valence-electron chi connectivity index (χ4n) is 2.74. The van der Waals surface area contributed by atoms with Crippen molar-refractivity contribution in [2.24, 2.45) is 11.8 Å². The Kier molecular flexibility index (Phi) is 6.01. The molecule has 0 aliphatic heterocycles. The van der Waals surface area contributed by atoms with Crippen LogP contribution in [0.25, 0.3) is 0 Å². The number of hydrogen-bond donors (Lipinski definition) is 3. The quantitative estimate of drug-likeness (QED) is 0.524. The van der Waals surface area contributed by atoms with Gasteiger partial charge in [0, 0.05) is 19.7 Å². The number of nitrogens with one attached hydrogen (secondary N) is 2. The van der Waals surface area contributed by atoms with Crippen molar-refractivity contribution in [3.63, 3.8) is 0 Å². The van der Waals surface area contributed by atoms with Crippen molar-refractivity contribution in [1.82, 2.24) is 9.97 Å². The third-order valence-corrected chi connectivity index (χ3v) is 3.78. The number of methoxy groups -OCH3 is 1. The number of nitrogens with two attached hydrogens (primary N) is 1. The smallest absolute Gasteiger partial charge is 0.158 e. The number of ether oxygens (including phenoxy) is 1. The van der Waals surface area contributed by atoms with E-state index in [1.165, 1.54) is 38.5 Å². The van der Waals surface area contributed by atoms with Crippen molar-refractivity contribution in [3.05, 3.63) is 11.9 Å². The summed E-state index contributed by atoms with van der Waals surface area (Å²) in [7, 11) is 1.63. The fourth-order valence-corrected chi connectivity index (χ4v) is 2.74. The second kappa shape index (κ2) is 8.01. The molecular formula is C14H25N5O. The van der Waals surface area contributed by atoms with Crippen LogP contribution in [0.4, 0.5) is 11.6 Å². The maximum atomic E-state index is 5.42. The summed E-state index contributed by atoms with van der Waals surface area (Å²) in [6, 6.07) is 1.82. The molecule has 1 aliphatic carbocycles. The minimum Gasteiger partial charge on any atom is -0.377 e. The second-order valence-electron chi connectivity index (χ2n) is 5.35. The van der Waals surface area contributed by atoms with Crippen LogP contribution in [0.3, 0.4) is 0 Å². The van der Waals surface area contributed by atoms with E-state index in [-0.39, 0.29) is 0 Å². The summed E-state index contributed by atoms with van der Waals surface area (Å²) in [5.74, 6) is 8.32. The van der Waals surface area contributed by atoms with Gasteiger partial charge in [0.15, 0.2) is 5.82 Å². The summed E-state index contributed by atoms with van der Waals surface area (Å²) in [4.78, 5) is 8.64. The summed E-state index contributed by atoms with van der Waals surface area (Å²) >= 11 is 0. The van der Waals surface area contributed by atoms with E-state index in [0.29, 0.717) is 18.2 Å². The SMILES string of the molecule is COCc1nc(NN)cc(NCCC2CCCCC2)n1. The molecule has 0 radical (unpaired) electrons. The van der Waals surface area contributed by atoms with Gasteiger partial charge in [-0.2, -0.15) is 0 Å². The Morgan fingerprint density at radius 2 is 2.00 bits per heavy atom. The minimum absolute atomic E-state index is 0.382. The van der Waals surface area contributed by atoms with Gasteiger partial charge in [0.2, 0.25) is 0 Å². The first kappa shape index (κ1) is 15.0. The lowest BCUT2D eigenvalue weighted by Gasteiger charge is -2.21. The van der Waals surface area contributed by atoms with Crippen LogP contribution in [0.2, 0.25) is 0 Å². The summed E-state index contributed by atoms with van der Waals surface area (Å²) in [5.41, 5.74) is 2.56. The number of nitrogen functional groups attached to an aromatic ring is 1. The Balaban J connectivity index is 1.85. The standard InChI is InChI=1S/C14H25N5O/c1-20-10-14-17-12(9-13(18-14)19-15)16-8-7-11-5-3-2-4-6-11/h9,11H,2-8,10,15H2,1H3,(H2,16,17,18,19). The predicted octanol–water partition coefficient (Wildman–Crippen LogP) is 2.29. The van der Waals surface area contributed by atoms with Crippen LogP contribution in [-0.4, -0.2) is 23.6 Å². The van der Waals surface area contributed by atoms with E-state index in [0.717, 1.165) is 18.3 Å². The van der Waals surface area contributed by atoms with E-state index in [1.807, 2.05) is 6.07 Å². The van der Waals surface area contributed by atoms with Crippen molar-refractivity contribution >= 4 is 11.6 Å². The van der Waals surface area contributed by atoms with Crippen molar-refractivity contribution < 1.29 is 4.74 Å². The molecule has 0 saturated heterocycles. The van der Waals surface area contributed by atoms with Crippen LogP contribution < -0.4 is 16.6 Å². The van der Waals surface area contributed by atoms with Crippen LogP contribution in [0.1, 0.15) is 44.3 Å². The predicted molar refractivity (Wildman–Crippen MR) is 80.2 cm³/mol. The molecule has 1 aromatic rings. The number of rotatable bonds is 7. The molecule has 1 aliphatic rings. The molecular weight excluding hydrogens is 254 g/mol. The Labute approximate surface area is 120 Å². The van der Waals surface area contributed by atoms with E-state index in [4.69, 9.17) is 10.6 Å². The zero-order chi connectivity index (χ0) is 14.2. The molecule has 0 bridgehead atoms. The Morgan fingerprint density at radius 3 is 2.70 bits per heavy atom. The maximum Gasteiger partial charge on any atom is 0.158 e. The first-order valence-electron chi connectivity index (χ1n) is 7.39. The van der Waals surface area contributed by atoms with Gasteiger partial charge in [-0.3, -0.25) is 0 Å².